The fraction of sp³-hybridized carbons (Fsp3) is 0.286. The van der Waals surface area contributed by atoms with E-state index in [1.165, 1.54) is 5.56 Å². The molecule has 0 saturated carbocycles. The third-order valence-corrected chi connectivity index (χ3v) is 5.26. The molecule has 0 aliphatic rings. The number of carboxylic acid groups (broad SMARTS) is 1. The zero-order valence-corrected chi connectivity index (χ0v) is 16.6. The average molecular weight is 398 g/mol. The molecule has 0 radical (unpaired) electrons. The molecule has 1 heterocycles. The molecule has 0 bridgehead atoms. The fourth-order valence-corrected chi connectivity index (χ4v) is 3.76. The first-order valence-electron chi connectivity index (χ1n) is 9.23. The van der Waals surface area contributed by atoms with E-state index >= 15 is 0 Å². The van der Waals surface area contributed by atoms with Gasteiger partial charge in [-0.1, -0.05) is 54.2 Å². The Morgan fingerprint density at radius 3 is 2.61 bits per heavy atom. The van der Waals surface area contributed by atoms with Crippen LogP contribution in [-0.2, 0) is 13.0 Å². The van der Waals surface area contributed by atoms with Gasteiger partial charge in [-0.05, 0) is 31.0 Å². The van der Waals surface area contributed by atoms with Crippen molar-refractivity contribution in [3.63, 3.8) is 0 Å². The summed E-state index contributed by atoms with van der Waals surface area (Å²) in [5.74, 6) is 1.20. The van der Waals surface area contributed by atoms with Crippen molar-refractivity contribution in [2.45, 2.75) is 31.5 Å². The normalized spacial score (nSPS) is 10.8. The van der Waals surface area contributed by atoms with E-state index in [1.54, 1.807) is 36.0 Å². The van der Waals surface area contributed by atoms with Crippen molar-refractivity contribution in [3.8, 4) is 5.75 Å². The van der Waals surface area contributed by atoms with E-state index in [9.17, 15) is 9.90 Å². The molecule has 3 rings (SSSR count). The highest BCUT2D eigenvalue weighted by atomic mass is 32.2. The maximum atomic E-state index is 11.2. The Balaban J connectivity index is 1.51. The van der Waals surface area contributed by atoms with Crippen molar-refractivity contribution in [2.75, 3.05) is 12.4 Å². The second-order valence-electron chi connectivity index (χ2n) is 6.16. The molecule has 146 valence electrons. The lowest BCUT2D eigenvalue weighted by atomic mass is 10.1. The van der Waals surface area contributed by atoms with Gasteiger partial charge in [-0.25, -0.2) is 4.79 Å². The third-order valence-electron chi connectivity index (χ3n) is 4.21. The number of hydrogen-bond acceptors (Lipinski definition) is 5. The van der Waals surface area contributed by atoms with Crippen molar-refractivity contribution < 1.29 is 14.6 Å². The smallest absolute Gasteiger partial charge is 0.339 e. The molecule has 0 saturated heterocycles. The van der Waals surface area contributed by atoms with Gasteiger partial charge in [0.15, 0.2) is 5.16 Å². The lowest BCUT2D eigenvalue weighted by Crippen LogP contribution is -2.06. The van der Waals surface area contributed by atoms with Gasteiger partial charge in [0.25, 0.3) is 0 Å². The second kappa shape index (κ2) is 9.94. The van der Waals surface area contributed by atoms with E-state index in [1.807, 2.05) is 18.2 Å². The van der Waals surface area contributed by atoms with Crippen LogP contribution in [0.3, 0.4) is 0 Å². The third kappa shape index (κ3) is 5.13. The molecule has 0 spiro atoms. The number of carbonyl (C=O) groups is 1. The van der Waals surface area contributed by atoms with E-state index in [0.29, 0.717) is 12.4 Å². The van der Waals surface area contributed by atoms with Crippen LogP contribution in [0.1, 0.15) is 35.1 Å². The summed E-state index contributed by atoms with van der Waals surface area (Å²) in [4.78, 5) is 11.2. The number of thioether (sulfide) groups is 1. The Morgan fingerprint density at radius 1 is 1.11 bits per heavy atom. The molecule has 7 heteroatoms. The Kier molecular flexibility index (Phi) is 7.08. The van der Waals surface area contributed by atoms with Gasteiger partial charge in [-0.15, -0.1) is 10.2 Å². The van der Waals surface area contributed by atoms with Crippen molar-refractivity contribution >= 4 is 17.7 Å². The monoisotopic (exact) mass is 397 g/mol. The number of ether oxygens (including phenoxy) is 1. The number of carboxylic acids is 1. The first-order chi connectivity index (χ1) is 13.7. The van der Waals surface area contributed by atoms with Gasteiger partial charge in [0.2, 0.25) is 0 Å². The van der Waals surface area contributed by atoms with Crippen LogP contribution in [0, 0.1) is 0 Å². The SMILES string of the molecule is CCn1c(Cc2ccccc2)nnc1SCCCOc1ccccc1C(=O)O. The largest absolute Gasteiger partial charge is 0.493 e. The van der Waals surface area contributed by atoms with Crippen LogP contribution >= 0.6 is 11.8 Å². The van der Waals surface area contributed by atoms with Crippen molar-refractivity contribution in [1.29, 1.82) is 0 Å². The Hall–Kier alpha value is -2.80. The highest BCUT2D eigenvalue weighted by Gasteiger charge is 2.12. The lowest BCUT2D eigenvalue weighted by molar-refractivity contribution is 0.0692. The van der Waals surface area contributed by atoms with Gasteiger partial charge in [0, 0.05) is 18.7 Å². The first-order valence-corrected chi connectivity index (χ1v) is 10.2. The van der Waals surface area contributed by atoms with Gasteiger partial charge < -0.3 is 14.4 Å². The Bertz CT molecular complexity index is 912. The van der Waals surface area contributed by atoms with Gasteiger partial charge >= 0.3 is 5.97 Å². The number of aromatic nitrogens is 3. The van der Waals surface area contributed by atoms with E-state index in [-0.39, 0.29) is 5.56 Å². The summed E-state index contributed by atoms with van der Waals surface area (Å²) in [7, 11) is 0. The standard InChI is InChI=1S/C21H23N3O3S/c1-2-24-19(15-16-9-4-3-5-10-16)22-23-21(24)28-14-8-13-27-18-12-7-6-11-17(18)20(25)26/h3-7,9-12H,2,8,13-15H2,1H3,(H,25,26). The molecule has 0 unspecified atom stereocenters. The Labute approximate surface area is 168 Å². The molecule has 0 fully saturated rings. The van der Waals surface area contributed by atoms with Gasteiger partial charge in [0.1, 0.15) is 17.1 Å². The zero-order valence-electron chi connectivity index (χ0n) is 15.7. The molecule has 1 aromatic heterocycles. The van der Waals surface area contributed by atoms with E-state index in [2.05, 4.69) is 33.8 Å². The first kappa shape index (κ1) is 19.9. The molecule has 0 aliphatic carbocycles. The van der Waals surface area contributed by atoms with Crippen molar-refractivity contribution in [1.82, 2.24) is 14.8 Å². The minimum absolute atomic E-state index is 0.187. The minimum Gasteiger partial charge on any atom is -0.493 e. The summed E-state index contributed by atoms with van der Waals surface area (Å²) in [6, 6.07) is 16.9. The lowest BCUT2D eigenvalue weighted by Gasteiger charge is -2.09. The van der Waals surface area contributed by atoms with Gasteiger partial charge in [-0.2, -0.15) is 0 Å². The molecule has 6 nitrogen and oxygen atoms in total. The van der Waals surface area contributed by atoms with Crippen LogP contribution in [0.25, 0.3) is 0 Å². The molecule has 1 N–H and O–H groups in total. The van der Waals surface area contributed by atoms with E-state index < -0.39 is 5.97 Å². The minimum atomic E-state index is -0.980. The predicted molar refractivity (Wildman–Crippen MR) is 109 cm³/mol. The maximum absolute atomic E-state index is 11.2. The molecule has 28 heavy (non-hydrogen) atoms. The van der Waals surface area contributed by atoms with Crippen LogP contribution in [0.5, 0.6) is 5.75 Å². The molecular weight excluding hydrogens is 374 g/mol. The summed E-state index contributed by atoms with van der Waals surface area (Å²) in [5, 5.41) is 18.8. The average Bonchev–Trinajstić information content (AvgIpc) is 3.10. The Morgan fingerprint density at radius 2 is 1.86 bits per heavy atom. The summed E-state index contributed by atoms with van der Waals surface area (Å²) in [5.41, 5.74) is 1.40. The number of hydrogen-bond donors (Lipinski definition) is 1. The number of aromatic carboxylic acids is 1. The molecule has 0 amide bonds. The van der Waals surface area contributed by atoms with Crippen LogP contribution in [-0.4, -0.2) is 38.2 Å². The summed E-state index contributed by atoms with van der Waals surface area (Å²) >= 11 is 1.64. The summed E-state index contributed by atoms with van der Waals surface area (Å²) in [6.07, 6.45) is 1.54. The number of para-hydroxylation sites is 1. The maximum Gasteiger partial charge on any atom is 0.339 e. The van der Waals surface area contributed by atoms with Gasteiger partial charge in [-0.3, -0.25) is 0 Å². The summed E-state index contributed by atoms with van der Waals surface area (Å²) in [6.45, 7) is 3.36. The number of nitrogens with zero attached hydrogens (tertiary/aromatic N) is 3. The fourth-order valence-electron chi connectivity index (χ4n) is 2.83. The van der Waals surface area contributed by atoms with E-state index in [0.717, 1.165) is 36.1 Å². The van der Waals surface area contributed by atoms with E-state index in [4.69, 9.17) is 4.74 Å². The molecule has 0 atom stereocenters. The topological polar surface area (TPSA) is 77.2 Å². The summed E-state index contributed by atoms with van der Waals surface area (Å²) < 4.78 is 7.78. The van der Waals surface area contributed by atoms with Gasteiger partial charge in [0.05, 0.1) is 6.61 Å². The zero-order chi connectivity index (χ0) is 19.8. The predicted octanol–water partition coefficient (Wildman–Crippen LogP) is 4.15. The quantitative estimate of drug-likeness (QED) is 0.409. The van der Waals surface area contributed by atoms with Crippen molar-refractivity contribution in [3.05, 3.63) is 71.5 Å². The molecule has 2 aromatic carbocycles. The van der Waals surface area contributed by atoms with Crippen LogP contribution < -0.4 is 4.74 Å². The number of benzene rings is 2. The van der Waals surface area contributed by atoms with Crippen LogP contribution in [0.15, 0.2) is 59.8 Å². The van der Waals surface area contributed by atoms with Crippen molar-refractivity contribution in [2.24, 2.45) is 0 Å². The second-order valence-corrected chi connectivity index (χ2v) is 7.22. The highest BCUT2D eigenvalue weighted by Crippen LogP contribution is 2.21. The molecule has 3 aromatic rings. The molecule has 0 aliphatic heterocycles. The number of rotatable bonds is 10. The highest BCUT2D eigenvalue weighted by molar-refractivity contribution is 7.99. The molecular formula is C21H23N3O3S. The van der Waals surface area contributed by atoms with Crippen LogP contribution in [0.4, 0.5) is 0 Å². The van der Waals surface area contributed by atoms with Crippen LogP contribution in [0.2, 0.25) is 0 Å².